The molecule has 0 aliphatic rings. The van der Waals surface area contributed by atoms with Crippen molar-refractivity contribution in [2.45, 2.75) is 33.3 Å². The van der Waals surface area contributed by atoms with Gasteiger partial charge in [0.25, 0.3) is 0 Å². The van der Waals surface area contributed by atoms with E-state index in [0.717, 1.165) is 10.9 Å². The van der Waals surface area contributed by atoms with Crippen molar-refractivity contribution in [3.63, 3.8) is 0 Å². The highest BCUT2D eigenvalue weighted by atomic mass is 16.5. The largest absolute Gasteiger partial charge is 0.456 e. The van der Waals surface area contributed by atoms with Crippen LogP contribution in [0.25, 0.3) is 11.0 Å². The number of fused-ring (bicyclic) bond motifs is 1. The van der Waals surface area contributed by atoms with Gasteiger partial charge < -0.3 is 14.1 Å². The zero-order chi connectivity index (χ0) is 17.3. The minimum atomic E-state index is -0.461. The molecular formula is C19H19NO4. The maximum absolute atomic E-state index is 12.0. The van der Waals surface area contributed by atoms with Gasteiger partial charge in [0.05, 0.1) is 0 Å². The molecule has 3 rings (SSSR count). The minimum Gasteiger partial charge on any atom is -0.456 e. The highest BCUT2D eigenvalue weighted by Gasteiger charge is 2.14. The van der Waals surface area contributed by atoms with E-state index in [2.05, 4.69) is 18.8 Å². The summed E-state index contributed by atoms with van der Waals surface area (Å²) in [6.45, 7) is 6.23. The van der Waals surface area contributed by atoms with Gasteiger partial charge in [-0.15, -0.1) is 0 Å². The van der Waals surface area contributed by atoms with Crippen LogP contribution in [-0.4, -0.2) is 11.0 Å². The maximum Gasteiger partial charge on any atom is 0.355 e. The van der Waals surface area contributed by atoms with Crippen molar-refractivity contribution in [2.75, 3.05) is 0 Å². The van der Waals surface area contributed by atoms with E-state index < -0.39 is 11.6 Å². The van der Waals surface area contributed by atoms with Crippen LogP contribution in [0.4, 0.5) is 0 Å². The molecule has 0 saturated carbocycles. The van der Waals surface area contributed by atoms with Gasteiger partial charge in [0.1, 0.15) is 17.9 Å². The molecule has 0 unspecified atom stereocenters. The first-order valence-corrected chi connectivity index (χ1v) is 7.83. The number of ether oxygens (including phenoxy) is 1. The molecule has 2 aromatic heterocycles. The third-order valence-corrected chi connectivity index (χ3v) is 4.02. The van der Waals surface area contributed by atoms with Crippen LogP contribution in [0.15, 0.2) is 45.7 Å². The van der Waals surface area contributed by atoms with Gasteiger partial charge in [-0.05, 0) is 48.2 Å². The number of hydrogen-bond donors (Lipinski definition) is 1. The topological polar surface area (TPSA) is 72.3 Å². The lowest BCUT2D eigenvalue weighted by Gasteiger charge is -2.13. The van der Waals surface area contributed by atoms with E-state index in [1.54, 1.807) is 18.3 Å². The normalized spacial score (nSPS) is 11.2. The Kier molecular flexibility index (Phi) is 4.25. The molecule has 0 fully saturated rings. The molecule has 0 saturated heterocycles. The van der Waals surface area contributed by atoms with Gasteiger partial charge in [0.2, 0.25) is 0 Å². The van der Waals surface area contributed by atoms with Crippen molar-refractivity contribution < 1.29 is 13.9 Å². The van der Waals surface area contributed by atoms with E-state index in [1.165, 1.54) is 11.6 Å². The standard InChI is InChI=1S/C19H19NO4/c1-11(2)14-9-15-13(8-18(21)24-17(15)7-12(14)3)10-23-19(22)16-5-4-6-20-16/h4-9,11,20H,10H2,1-3H3. The highest BCUT2D eigenvalue weighted by Crippen LogP contribution is 2.27. The lowest BCUT2D eigenvalue weighted by atomic mass is 9.95. The third kappa shape index (κ3) is 3.11. The fourth-order valence-corrected chi connectivity index (χ4v) is 2.81. The fourth-order valence-electron chi connectivity index (χ4n) is 2.81. The number of aromatic amines is 1. The number of H-pyrrole nitrogens is 1. The quantitative estimate of drug-likeness (QED) is 0.583. The number of aromatic nitrogens is 1. The van der Waals surface area contributed by atoms with Crippen molar-refractivity contribution in [1.82, 2.24) is 4.98 Å². The molecule has 24 heavy (non-hydrogen) atoms. The summed E-state index contributed by atoms with van der Waals surface area (Å²) in [6.07, 6.45) is 1.65. The van der Waals surface area contributed by atoms with Gasteiger partial charge in [-0.25, -0.2) is 9.59 Å². The smallest absolute Gasteiger partial charge is 0.355 e. The Morgan fingerprint density at radius 2 is 2.08 bits per heavy atom. The van der Waals surface area contributed by atoms with Gasteiger partial charge in [-0.2, -0.15) is 0 Å². The summed E-state index contributed by atoms with van der Waals surface area (Å²) in [5, 5.41) is 0.795. The minimum absolute atomic E-state index is 0.0144. The third-order valence-electron chi connectivity index (χ3n) is 4.02. The molecule has 5 heteroatoms. The molecule has 0 amide bonds. The Bertz CT molecular complexity index is 936. The molecular weight excluding hydrogens is 306 g/mol. The molecule has 0 bridgehead atoms. The molecule has 0 atom stereocenters. The molecule has 124 valence electrons. The van der Waals surface area contributed by atoms with Crippen LogP contribution in [0.1, 0.15) is 46.9 Å². The van der Waals surface area contributed by atoms with Gasteiger partial charge in [-0.1, -0.05) is 13.8 Å². The lowest BCUT2D eigenvalue weighted by molar-refractivity contribution is 0.0467. The van der Waals surface area contributed by atoms with Crippen LogP contribution in [0.3, 0.4) is 0 Å². The maximum atomic E-state index is 12.0. The summed E-state index contributed by atoms with van der Waals surface area (Å²) in [7, 11) is 0. The van der Waals surface area contributed by atoms with Crippen molar-refractivity contribution in [2.24, 2.45) is 0 Å². The molecule has 0 spiro atoms. The molecule has 5 nitrogen and oxygen atoms in total. The summed E-state index contributed by atoms with van der Waals surface area (Å²) < 4.78 is 10.6. The number of carbonyl (C=O) groups is 1. The van der Waals surface area contributed by atoms with Gasteiger partial charge >= 0.3 is 11.6 Å². The van der Waals surface area contributed by atoms with E-state index in [1.807, 2.05) is 19.1 Å². The van der Waals surface area contributed by atoms with E-state index in [0.29, 0.717) is 22.8 Å². The highest BCUT2D eigenvalue weighted by molar-refractivity contribution is 5.88. The Labute approximate surface area is 139 Å². The van der Waals surface area contributed by atoms with Crippen LogP contribution in [0.5, 0.6) is 0 Å². The van der Waals surface area contributed by atoms with Crippen LogP contribution >= 0.6 is 0 Å². The molecule has 0 aliphatic carbocycles. The lowest BCUT2D eigenvalue weighted by Crippen LogP contribution is -2.08. The first-order chi connectivity index (χ1) is 11.5. The summed E-state index contributed by atoms with van der Waals surface area (Å²) >= 11 is 0. The van der Waals surface area contributed by atoms with Crippen molar-refractivity contribution in [3.05, 3.63) is 69.3 Å². The molecule has 1 N–H and O–H groups in total. The van der Waals surface area contributed by atoms with Crippen molar-refractivity contribution >= 4 is 16.9 Å². The number of rotatable bonds is 4. The summed E-state index contributed by atoms with van der Waals surface area (Å²) in [6, 6.07) is 8.61. The zero-order valence-electron chi connectivity index (χ0n) is 13.9. The second-order valence-electron chi connectivity index (χ2n) is 6.11. The van der Waals surface area contributed by atoms with Crippen molar-refractivity contribution in [3.8, 4) is 0 Å². The molecule has 0 radical (unpaired) electrons. The first-order valence-electron chi connectivity index (χ1n) is 7.83. The summed E-state index contributed by atoms with van der Waals surface area (Å²) in [4.78, 5) is 26.6. The molecule has 1 aromatic carbocycles. The van der Waals surface area contributed by atoms with Gasteiger partial charge in [0.15, 0.2) is 0 Å². The Morgan fingerprint density at radius 3 is 2.75 bits per heavy atom. The van der Waals surface area contributed by atoms with Crippen LogP contribution in [0.2, 0.25) is 0 Å². The molecule has 3 aromatic rings. The SMILES string of the molecule is Cc1cc2oc(=O)cc(COC(=O)c3ccc[nH]3)c2cc1C(C)C. The summed E-state index contributed by atoms with van der Waals surface area (Å²) in [5.41, 5.74) is 3.32. The number of nitrogens with one attached hydrogen (secondary N) is 1. The predicted octanol–water partition coefficient (Wildman–Crippen LogP) is 3.91. The average molecular weight is 325 g/mol. The first kappa shape index (κ1) is 16.1. The molecule has 0 aliphatic heterocycles. The second-order valence-corrected chi connectivity index (χ2v) is 6.11. The predicted molar refractivity (Wildman–Crippen MR) is 91.2 cm³/mol. The Hall–Kier alpha value is -2.82. The van der Waals surface area contributed by atoms with Crippen LogP contribution in [-0.2, 0) is 11.3 Å². The molecule has 2 heterocycles. The van der Waals surface area contributed by atoms with Crippen molar-refractivity contribution in [1.29, 1.82) is 0 Å². The van der Waals surface area contributed by atoms with Gasteiger partial charge in [0, 0.05) is 23.2 Å². The Balaban J connectivity index is 1.98. The van der Waals surface area contributed by atoms with E-state index in [4.69, 9.17) is 9.15 Å². The van der Waals surface area contributed by atoms with E-state index >= 15 is 0 Å². The number of carbonyl (C=O) groups excluding carboxylic acids is 1. The number of hydrogen-bond acceptors (Lipinski definition) is 4. The van der Waals surface area contributed by atoms with E-state index in [9.17, 15) is 9.59 Å². The number of benzene rings is 1. The monoisotopic (exact) mass is 325 g/mol. The second kappa shape index (κ2) is 6.35. The Morgan fingerprint density at radius 1 is 1.29 bits per heavy atom. The van der Waals surface area contributed by atoms with Gasteiger partial charge in [-0.3, -0.25) is 0 Å². The summed E-state index contributed by atoms with van der Waals surface area (Å²) in [5.74, 6) is -0.117. The van der Waals surface area contributed by atoms with Crippen LogP contribution < -0.4 is 5.63 Å². The average Bonchev–Trinajstić information content (AvgIpc) is 3.05. The fraction of sp³-hybridized carbons (Fsp3) is 0.263. The zero-order valence-corrected chi connectivity index (χ0v) is 13.9. The van der Waals surface area contributed by atoms with Crippen LogP contribution in [0, 0.1) is 6.92 Å². The van der Waals surface area contributed by atoms with E-state index in [-0.39, 0.29) is 6.61 Å². The number of aryl methyl sites for hydroxylation is 1. The number of esters is 1.